The third-order valence-electron chi connectivity index (χ3n) is 3.55. The van der Waals surface area contributed by atoms with E-state index in [9.17, 15) is 0 Å². The Hall–Kier alpha value is 0.708. The largest absolute Gasteiger partial charge is 0.437 e. The molecule has 0 amide bonds. The van der Waals surface area contributed by atoms with E-state index in [1.807, 2.05) is 0 Å². The molecule has 0 aliphatic heterocycles. The van der Waals surface area contributed by atoms with Crippen molar-refractivity contribution in [3.8, 4) is 0 Å². The molecule has 4 nitrogen and oxygen atoms in total. The number of hydrogen-bond donors (Lipinski definition) is 0. The predicted octanol–water partition coefficient (Wildman–Crippen LogP) is 6.47. The lowest BCUT2D eigenvalue weighted by molar-refractivity contribution is 0.130. The molecule has 0 rings (SSSR count). The van der Waals surface area contributed by atoms with Crippen LogP contribution in [0.15, 0.2) is 0 Å². The first-order valence-electron chi connectivity index (χ1n) is 10.4. The second kappa shape index (κ2) is 11.6. The van der Waals surface area contributed by atoms with E-state index in [1.54, 1.807) is 0 Å². The summed E-state index contributed by atoms with van der Waals surface area (Å²) < 4.78 is 25.3. The Morgan fingerprint density at radius 3 is 1.62 bits per heavy atom. The summed E-state index contributed by atoms with van der Waals surface area (Å²) in [5, 5.41) is 0. The first-order chi connectivity index (χ1) is 11.7. The van der Waals surface area contributed by atoms with Gasteiger partial charge in [0.2, 0.25) is 0 Å². The van der Waals surface area contributed by atoms with Gasteiger partial charge >= 0.3 is 17.1 Å². The Kier molecular flexibility index (Phi) is 12.0. The molecule has 1 atom stereocenters. The highest BCUT2D eigenvalue weighted by Crippen LogP contribution is 2.28. The van der Waals surface area contributed by atoms with E-state index in [2.05, 4.69) is 65.8 Å². The highest BCUT2D eigenvalue weighted by Gasteiger charge is 2.43. The molecule has 158 valence electrons. The zero-order valence-electron chi connectivity index (χ0n) is 19.3. The van der Waals surface area contributed by atoms with Gasteiger partial charge in [0.1, 0.15) is 0 Å². The monoisotopic (exact) mass is 438 g/mol. The molecule has 26 heavy (non-hydrogen) atoms. The molecule has 0 saturated carbocycles. The molecular formula is C18H46O4Si4. The molecule has 0 aromatic carbocycles. The van der Waals surface area contributed by atoms with E-state index in [4.69, 9.17) is 17.1 Å². The summed E-state index contributed by atoms with van der Waals surface area (Å²) in [6.45, 7) is 24.1. The Labute approximate surface area is 168 Å². The van der Waals surface area contributed by atoms with Gasteiger partial charge in [0.25, 0.3) is 0 Å². The molecule has 0 spiro atoms. The molecule has 0 N–H and O–H groups in total. The van der Waals surface area contributed by atoms with Crippen molar-refractivity contribution in [3.05, 3.63) is 0 Å². The number of rotatable bonds is 15. The Balaban J connectivity index is 4.59. The number of hydrogen-bond acceptors (Lipinski definition) is 4. The fourth-order valence-electron chi connectivity index (χ4n) is 3.30. The van der Waals surface area contributed by atoms with E-state index in [1.165, 1.54) is 19.3 Å². The average Bonchev–Trinajstić information content (AvgIpc) is 2.35. The highest BCUT2D eigenvalue weighted by molar-refractivity contribution is 6.89. The van der Waals surface area contributed by atoms with Crippen molar-refractivity contribution in [1.82, 2.24) is 0 Å². The second-order valence-corrected chi connectivity index (χ2v) is 26.3. The maximum absolute atomic E-state index is 6.72. The summed E-state index contributed by atoms with van der Waals surface area (Å²) in [5.74, 6) is 0. The van der Waals surface area contributed by atoms with E-state index in [-0.39, 0.29) is 0 Å². The fraction of sp³-hybridized carbons (Fsp3) is 1.00. The highest BCUT2D eigenvalue weighted by atomic mass is 28.5. The minimum Gasteiger partial charge on any atom is -0.437 e. The summed E-state index contributed by atoms with van der Waals surface area (Å²) in [6, 6.07) is 1.07. The molecule has 8 heteroatoms. The molecule has 0 aromatic heterocycles. The summed E-state index contributed by atoms with van der Waals surface area (Å²) >= 11 is 0. The van der Waals surface area contributed by atoms with Gasteiger partial charge in [-0.2, -0.15) is 0 Å². The van der Waals surface area contributed by atoms with Crippen LogP contribution in [-0.4, -0.2) is 47.0 Å². The van der Waals surface area contributed by atoms with Crippen LogP contribution in [0.3, 0.4) is 0 Å². The van der Waals surface area contributed by atoms with Crippen LogP contribution in [0.4, 0.5) is 0 Å². The van der Waals surface area contributed by atoms with Crippen LogP contribution in [0.1, 0.15) is 39.0 Å². The lowest BCUT2D eigenvalue weighted by Gasteiger charge is -2.41. The third-order valence-corrected chi connectivity index (χ3v) is 17.1. The second-order valence-electron chi connectivity index (χ2n) is 9.84. The summed E-state index contributed by atoms with van der Waals surface area (Å²) in [6.07, 6.45) is 5.90. The van der Waals surface area contributed by atoms with Gasteiger partial charge in [0, 0.05) is 13.2 Å². The number of unbranched alkanes of at least 4 members (excludes halogenated alkanes) is 3. The molecule has 1 unspecified atom stereocenters. The SMILES string of the molecule is CCCOCCCCCC[Si](C)(O[Si](C)(C)C)O[Si](C)(C)O[Si](C)(C)C. The van der Waals surface area contributed by atoms with Crippen LogP contribution in [-0.2, 0) is 17.1 Å². The Morgan fingerprint density at radius 2 is 1.12 bits per heavy atom. The molecule has 0 aliphatic carbocycles. The normalized spacial score (nSPS) is 15.9. The van der Waals surface area contributed by atoms with Crippen molar-refractivity contribution >= 4 is 33.8 Å². The predicted molar refractivity (Wildman–Crippen MR) is 123 cm³/mol. The molecule has 0 saturated heterocycles. The molecule has 0 aromatic rings. The number of ether oxygens (including phenoxy) is 1. The minimum atomic E-state index is -2.21. The maximum atomic E-state index is 6.72. The van der Waals surface area contributed by atoms with Gasteiger partial charge in [-0.3, -0.25) is 0 Å². The van der Waals surface area contributed by atoms with Crippen molar-refractivity contribution < 1.29 is 17.1 Å². The van der Waals surface area contributed by atoms with Gasteiger partial charge in [-0.1, -0.05) is 26.2 Å². The minimum absolute atomic E-state index is 0.889. The molecule has 0 heterocycles. The molecule has 0 bridgehead atoms. The maximum Gasteiger partial charge on any atom is 0.315 e. The van der Waals surface area contributed by atoms with Crippen molar-refractivity contribution in [2.24, 2.45) is 0 Å². The Morgan fingerprint density at radius 1 is 0.577 bits per heavy atom. The summed E-state index contributed by atoms with van der Waals surface area (Å²) in [7, 11) is -7.63. The third kappa shape index (κ3) is 15.7. The van der Waals surface area contributed by atoms with Crippen LogP contribution in [0.25, 0.3) is 0 Å². The van der Waals surface area contributed by atoms with Crippen molar-refractivity contribution in [2.45, 2.75) is 104 Å². The Bertz CT molecular complexity index is 380. The van der Waals surface area contributed by atoms with Crippen molar-refractivity contribution in [2.75, 3.05) is 13.2 Å². The van der Waals surface area contributed by atoms with Gasteiger partial charge in [-0.15, -0.1) is 0 Å². The van der Waals surface area contributed by atoms with Crippen LogP contribution < -0.4 is 0 Å². The van der Waals surface area contributed by atoms with Crippen LogP contribution in [0, 0.1) is 0 Å². The van der Waals surface area contributed by atoms with Gasteiger partial charge in [-0.05, 0) is 77.8 Å². The smallest absolute Gasteiger partial charge is 0.315 e. The van der Waals surface area contributed by atoms with Crippen molar-refractivity contribution in [3.63, 3.8) is 0 Å². The zero-order valence-corrected chi connectivity index (χ0v) is 23.3. The summed E-state index contributed by atoms with van der Waals surface area (Å²) in [5.41, 5.74) is 0. The fourth-order valence-corrected chi connectivity index (χ4v) is 21.3. The van der Waals surface area contributed by atoms with Crippen LogP contribution in [0.2, 0.25) is 65.0 Å². The lowest BCUT2D eigenvalue weighted by Crippen LogP contribution is -2.56. The van der Waals surface area contributed by atoms with E-state index in [0.29, 0.717) is 0 Å². The van der Waals surface area contributed by atoms with Gasteiger partial charge in [0.15, 0.2) is 16.6 Å². The van der Waals surface area contributed by atoms with Crippen LogP contribution in [0.5, 0.6) is 0 Å². The zero-order chi connectivity index (χ0) is 20.5. The first kappa shape index (κ1) is 26.7. The standard InChI is InChI=1S/C18H46O4Si4/c1-11-16-19-17-14-12-13-15-18-26(10,21-24(5,6)7)22-25(8,9)20-23(2,3)4/h11-18H2,1-10H3. The lowest BCUT2D eigenvalue weighted by atomic mass is 10.2. The quantitative estimate of drug-likeness (QED) is 0.217. The van der Waals surface area contributed by atoms with E-state index in [0.717, 1.165) is 32.1 Å². The molecular weight excluding hydrogens is 393 g/mol. The van der Waals surface area contributed by atoms with Gasteiger partial charge in [-0.25, -0.2) is 0 Å². The molecule has 0 radical (unpaired) electrons. The first-order valence-corrected chi connectivity index (χ1v) is 22.5. The van der Waals surface area contributed by atoms with Crippen molar-refractivity contribution in [1.29, 1.82) is 0 Å². The van der Waals surface area contributed by atoms with Gasteiger partial charge < -0.3 is 17.1 Å². The molecule has 0 fully saturated rings. The van der Waals surface area contributed by atoms with E-state index >= 15 is 0 Å². The van der Waals surface area contributed by atoms with Crippen LogP contribution >= 0.6 is 0 Å². The average molecular weight is 439 g/mol. The van der Waals surface area contributed by atoms with Gasteiger partial charge in [0.05, 0.1) is 0 Å². The van der Waals surface area contributed by atoms with E-state index < -0.39 is 33.8 Å². The molecule has 0 aliphatic rings. The topological polar surface area (TPSA) is 36.9 Å². The summed E-state index contributed by atoms with van der Waals surface area (Å²) in [4.78, 5) is 0.